The highest BCUT2D eigenvalue weighted by Crippen LogP contribution is 2.30. The van der Waals surface area contributed by atoms with Crippen LogP contribution in [0, 0.1) is 0 Å². The first kappa shape index (κ1) is 12.5. The second kappa shape index (κ2) is 6.10. The Hall–Kier alpha value is -0.960. The molecule has 0 bridgehead atoms. The number of rotatable bonds is 5. The monoisotopic (exact) mass is 250 g/mol. The van der Waals surface area contributed by atoms with Crippen LogP contribution in [0.4, 0.5) is 0 Å². The number of hydrogen-bond acceptors (Lipinski definition) is 3. The van der Waals surface area contributed by atoms with Crippen molar-refractivity contribution in [3.8, 4) is 5.75 Å². The lowest BCUT2D eigenvalue weighted by Crippen LogP contribution is -2.08. The van der Waals surface area contributed by atoms with E-state index in [-0.39, 0.29) is 5.78 Å². The molecule has 92 valence electrons. The normalized spacial score (nSPS) is 16.1. The third kappa shape index (κ3) is 3.25. The van der Waals surface area contributed by atoms with Gasteiger partial charge in [0.1, 0.15) is 5.75 Å². The van der Waals surface area contributed by atoms with Gasteiger partial charge in [-0.1, -0.05) is 25.0 Å². The third-order valence-corrected chi connectivity index (χ3v) is 4.53. The Morgan fingerprint density at radius 1 is 1.35 bits per heavy atom. The molecule has 0 saturated heterocycles. The zero-order valence-electron chi connectivity index (χ0n) is 10.1. The maximum Gasteiger partial charge on any atom is 0.176 e. The van der Waals surface area contributed by atoms with Crippen molar-refractivity contribution in [1.82, 2.24) is 0 Å². The number of methoxy groups -OCH3 is 1. The lowest BCUT2D eigenvalue weighted by atomic mass is 10.1. The summed E-state index contributed by atoms with van der Waals surface area (Å²) in [5, 5.41) is 0.689. The molecule has 1 aliphatic carbocycles. The van der Waals surface area contributed by atoms with Gasteiger partial charge in [-0.2, -0.15) is 11.8 Å². The van der Waals surface area contributed by atoms with Gasteiger partial charge in [0.2, 0.25) is 0 Å². The number of ether oxygens (including phenoxy) is 1. The van der Waals surface area contributed by atoms with Crippen LogP contribution in [0.2, 0.25) is 0 Å². The molecule has 2 nitrogen and oxygen atoms in total. The lowest BCUT2D eigenvalue weighted by molar-refractivity contribution is 0.101. The molecule has 1 saturated carbocycles. The van der Waals surface area contributed by atoms with Crippen LogP contribution >= 0.6 is 11.8 Å². The Morgan fingerprint density at radius 2 is 2.06 bits per heavy atom. The Balaban J connectivity index is 1.94. The van der Waals surface area contributed by atoms with Crippen LogP contribution in [0.25, 0.3) is 0 Å². The minimum Gasteiger partial charge on any atom is -0.496 e. The van der Waals surface area contributed by atoms with Crippen LogP contribution in [0.15, 0.2) is 24.3 Å². The summed E-state index contributed by atoms with van der Waals surface area (Å²) in [7, 11) is 1.61. The van der Waals surface area contributed by atoms with Gasteiger partial charge in [-0.25, -0.2) is 0 Å². The fourth-order valence-electron chi connectivity index (χ4n) is 2.20. The van der Waals surface area contributed by atoms with Gasteiger partial charge in [-0.15, -0.1) is 0 Å². The van der Waals surface area contributed by atoms with E-state index < -0.39 is 0 Å². The van der Waals surface area contributed by atoms with E-state index >= 15 is 0 Å². The lowest BCUT2D eigenvalue weighted by Gasteiger charge is -2.09. The van der Waals surface area contributed by atoms with E-state index in [0.717, 1.165) is 0 Å². The molecule has 1 aliphatic rings. The molecule has 0 aromatic heterocycles. The summed E-state index contributed by atoms with van der Waals surface area (Å²) >= 11 is 1.80. The van der Waals surface area contributed by atoms with E-state index in [4.69, 9.17) is 4.74 Å². The topological polar surface area (TPSA) is 26.3 Å². The summed E-state index contributed by atoms with van der Waals surface area (Å²) < 4.78 is 5.21. The predicted octanol–water partition coefficient (Wildman–Crippen LogP) is 3.55. The summed E-state index contributed by atoms with van der Waals surface area (Å²) in [6.07, 6.45) is 5.18. The zero-order valence-corrected chi connectivity index (χ0v) is 11.0. The molecule has 0 radical (unpaired) electrons. The molecule has 17 heavy (non-hydrogen) atoms. The van der Waals surface area contributed by atoms with Crippen LogP contribution in [-0.4, -0.2) is 23.9 Å². The van der Waals surface area contributed by atoms with Gasteiger partial charge in [0, 0.05) is 5.25 Å². The van der Waals surface area contributed by atoms with Gasteiger partial charge in [0.15, 0.2) is 5.78 Å². The summed E-state index contributed by atoms with van der Waals surface area (Å²) in [5.74, 6) is 1.44. The average molecular weight is 250 g/mol. The standard InChI is InChI=1S/C14H18O2S/c1-16-14-9-5-4-8-12(14)13(15)10-17-11-6-2-3-7-11/h4-5,8-9,11H,2-3,6-7,10H2,1H3. The molecule has 0 aliphatic heterocycles. The van der Waals surface area contributed by atoms with Gasteiger partial charge >= 0.3 is 0 Å². The van der Waals surface area contributed by atoms with E-state index in [2.05, 4.69) is 0 Å². The van der Waals surface area contributed by atoms with Gasteiger partial charge in [-0.05, 0) is 25.0 Å². The predicted molar refractivity (Wildman–Crippen MR) is 72.0 cm³/mol. The molecule has 3 heteroatoms. The maximum absolute atomic E-state index is 12.1. The van der Waals surface area contributed by atoms with E-state index in [1.807, 2.05) is 24.3 Å². The van der Waals surface area contributed by atoms with Crippen molar-refractivity contribution in [2.24, 2.45) is 0 Å². The molecule has 2 rings (SSSR count). The van der Waals surface area contributed by atoms with Crippen molar-refractivity contribution in [1.29, 1.82) is 0 Å². The number of carbonyl (C=O) groups excluding carboxylic acids is 1. The average Bonchev–Trinajstić information content (AvgIpc) is 2.89. The molecule has 0 unspecified atom stereocenters. The number of ketones is 1. The van der Waals surface area contributed by atoms with Crippen LogP contribution < -0.4 is 4.74 Å². The highest BCUT2D eigenvalue weighted by atomic mass is 32.2. The first-order valence-corrected chi connectivity index (χ1v) is 7.14. The van der Waals surface area contributed by atoms with Crippen molar-refractivity contribution in [3.63, 3.8) is 0 Å². The van der Waals surface area contributed by atoms with Crippen LogP contribution in [0.3, 0.4) is 0 Å². The molecular weight excluding hydrogens is 232 g/mol. The van der Waals surface area contributed by atoms with E-state index in [1.165, 1.54) is 25.7 Å². The first-order valence-electron chi connectivity index (χ1n) is 6.09. The summed E-state index contributed by atoms with van der Waals surface area (Å²) in [4.78, 5) is 12.1. The molecule has 0 amide bonds. The molecule has 1 aromatic rings. The van der Waals surface area contributed by atoms with E-state index in [9.17, 15) is 4.79 Å². The van der Waals surface area contributed by atoms with Crippen molar-refractivity contribution in [2.75, 3.05) is 12.9 Å². The molecule has 1 aromatic carbocycles. The first-order chi connectivity index (χ1) is 8.31. The van der Waals surface area contributed by atoms with E-state index in [1.54, 1.807) is 18.9 Å². The molecule has 0 spiro atoms. The second-order valence-electron chi connectivity index (χ2n) is 4.34. The molecule has 0 N–H and O–H groups in total. The number of carbonyl (C=O) groups is 1. The largest absolute Gasteiger partial charge is 0.496 e. The van der Waals surface area contributed by atoms with E-state index in [0.29, 0.717) is 22.3 Å². The van der Waals surface area contributed by atoms with Gasteiger partial charge in [-0.3, -0.25) is 4.79 Å². The van der Waals surface area contributed by atoms with Crippen molar-refractivity contribution in [3.05, 3.63) is 29.8 Å². The summed E-state index contributed by atoms with van der Waals surface area (Å²) in [6, 6.07) is 7.46. The second-order valence-corrected chi connectivity index (χ2v) is 5.63. The summed E-state index contributed by atoms with van der Waals surface area (Å²) in [6.45, 7) is 0. The Kier molecular flexibility index (Phi) is 4.49. The van der Waals surface area contributed by atoms with Crippen LogP contribution in [0.5, 0.6) is 5.75 Å². The number of para-hydroxylation sites is 1. The molecule has 1 fully saturated rings. The highest BCUT2D eigenvalue weighted by Gasteiger charge is 2.18. The quantitative estimate of drug-likeness (QED) is 0.747. The fraction of sp³-hybridized carbons (Fsp3) is 0.500. The SMILES string of the molecule is COc1ccccc1C(=O)CSC1CCCC1. The van der Waals surface area contributed by atoms with Gasteiger partial charge < -0.3 is 4.74 Å². The number of thioether (sulfide) groups is 1. The number of Topliss-reactive ketones (excluding diaryl/α,β-unsaturated/α-hetero) is 1. The number of benzene rings is 1. The smallest absolute Gasteiger partial charge is 0.176 e. The minimum absolute atomic E-state index is 0.180. The third-order valence-electron chi connectivity index (χ3n) is 3.16. The summed E-state index contributed by atoms with van der Waals surface area (Å²) in [5.41, 5.74) is 0.709. The van der Waals surface area contributed by atoms with Crippen molar-refractivity contribution in [2.45, 2.75) is 30.9 Å². The Bertz CT molecular complexity index is 384. The Labute approximate surface area is 107 Å². The Morgan fingerprint density at radius 3 is 2.76 bits per heavy atom. The minimum atomic E-state index is 0.180. The van der Waals surface area contributed by atoms with Crippen LogP contribution in [-0.2, 0) is 0 Å². The molecule has 0 atom stereocenters. The maximum atomic E-state index is 12.1. The van der Waals surface area contributed by atoms with Crippen LogP contribution in [0.1, 0.15) is 36.0 Å². The van der Waals surface area contributed by atoms with Crippen molar-refractivity contribution < 1.29 is 9.53 Å². The van der Waals surface area contributed by atoms with Gasteiger partial charge in [0.05, 0.1) is 18.4 Å². The molecular formula is C14H18O2S. The van der Waals surface area contributed by atoms with Crippen molar-refractivity contribution >= 4 is 17.5 Å². The number of hydrogen-bond donors (Lipinski definition) is 0. The van der Waals surface area contributed by atoms with Gasteiger partial charge in [0.25, 0.3) is 0 Å². The fourth-order valence-corrected chi connectivity index (χ4v) is 3.41. The molecule has 0 heterocycles. The highest BCUT2D eigenvalue weighted by molar-refractivity contribution is 8.00. The zero-order chi connectivity index (χ0) is 12.1.